The van der Waals surface area contributed by atoms with Crippen molar-refractivity contribution in [1.82, 2.24) is 9.55 Å². The molecular weight excluding hydrogens is 284 g/mol. The number of benzene rings is 2. The fraction of sp³-hybridized carbons (Fsp3) is 0.235. The lowest BCUT2D eigenvalue weighted by molar-refractivity contribution is 0.308. The third kappa shape index (κ3) is 2.74. The molecular formula is C17H17ClN2O. The summed E-state index contributed by atoms with van der Waals surface area (Å²) >= 11 is 6.25. The van der Waals surface area contributed by atoms with E-state index < -0.39 is 0 Å². The predicted molar refractivity (Wildman–Crippen MR) is 85.9 cm³/mol. The minimum atomic E-state index is 0.226. The van der Waals surface area contributed by atoms with Crippen LogP contribution in [0.1, 0.15) is 25.5 Å². The van der Waals surface area contributed by atoms with Crippen LogP contribution in [-0.4, -0.2) is 9.55 Å². The van der Waals surface area contributed by atoms with Gasteiger partial charge in [0.1, 0.15) is 17.9 Å². The van der Waals surface area contributed by atoms with Crippen LogP contribution in [0.2, 0.25) is 5.28 Å². The van der Waals surface area contributed by atoms with Crippen LogP contribution in [0, 0.1) is 0 Å². The average molecular weight is 301 g/mol. The molecule has 0 unspecified atom stereocenters. The molecule has 0 amide bonds. The number of fused-ring (bicyclic) bond motifs is 1. The van der Waals surface area contributed by atoms with E-state index in [-0.39, 0.29) is 6.04 Å². The number of para-hydroxylation sites is 1. The zero-order valence-corrected chi connectivity index (χ0v) is 12.8. The fourth-order valence-electron chi connectivity index (χ4n) is 2.41. The molecule has 108 valence electrons. The van der Waals surface area contributed by atoms with Crippen LogP contribution < -0.4 is 4.74 Å². The van der Waals surface area contributed by atoms with E-state index in [1.165, 1.54) is 0 Å². The van der Waals surface area contributed by atoms with Crippen molar-refractivity contribution in [3.05, 3.63) is 59.4 Å². The van der Waals surface area contributed by atoms with E-state index in [0.29, 0.717) is 11.9 Å². The summed E-state index contributed by atoms with van der Waals surface area (Å²) in [5.74, 6) is 0.810. The molecule has 0 bridgehead atoms. The van der Waals surface area contributed by atoms with Crippen molar-refractivity contribution in [3.63, 3.8) is 0 Å². The Labute approximate surface area is 129 Å². The van der Waals surface area contributed by atoms with Crippen LogP contribution in [0.25, 0.3) is 11.0 Å². The fourth-order valence-corrected chi connectivity index (χ4v) is 2.78. The first-order valence-corrected chi connectivity index (χ1v) is 7.38. The minimum absolute atomic E-state index is 0.226. The maximum absolute atomic E-state index is 6.25. The van der Waals surface area contributed by atoms with Gasteiger partial charge in [0.25, 0.3) is 0 Å². The molecule has 0 atom stereocenters. The van der Waals surface area contributed by atoms with E-state index in [1.807, 2.05) is 53.1 Å². The SMILES string of the molecule is CC(C)n1c(Cl)nc2cccc(OCc3ccccc3)c21. The van der Waals surface area contributed by atoms with Gasteiger partial charge in [0.05, 0.1) is 5.52 Å². The van der Waals surface area contributed by atoms with E-state index in [0.717, 1.165) is 22.3 Å². The largest absolute Gasteiger partial charge is 0.487 e. The van der Waals surface area contributed by atoms with Crippen LogP contribution in [-0.2, 0) is 6.61 Å². The summed E-state index contributed by atoms with van der Waals surface area (Å²) in [6.07, 6.45) is 0. The van der Waals surface area contributed by atoms with Crippen molar-refractivity contribution in [1.29, 1.82) is 0 Å². The lowest BCUT2D eigenvalue weighted by atomic mass is 10.2. The number of nitrogens with zero attached hydrogens (tertiary/aromatic N) is 2. The van der Waals surface area contributed by atoms with Crippen molar-refractivity contribution in [2.45, 2.75) is 26.5 Å². The maximum atomic E-state index is 6.25. The Morgan fingerprint density at radius 1 is 1.10 bits per heavy atom. The average Bonchev–Trinajstić information content (AvgIpc) is 2.82. The summed E-state index contributed by atoms with van der Waals surface area (Å²) in [6, 6.07) is 16.2. The zero-order valence-electron chi connectivity index (χ0n) is 12.1. The molecule has 0 saturated carbocycles. The second-order valence-electron chi connectivity index (χ2n) is 5.24. The van der Waals surface area contributed by atoms with E-state index in [4.69, 9.17) is 16.3 Å². The Bertz CT molecular complexity index is 750. The Hall–Kier alpha value is -2.00. The minimum Gasteiger partial charge on any atom is -0.487 e. The molecule has 0 saturated heterocycles. The number of halogens is 1. The number of ether oxygens (including phenoxy) is 1. The van der Waals surface area contributed by atoms with Crippen molar-refractivity contribution >= 4 is 22.6 Å². The summed E-state index contributed by atoms with van der Waals surface area (Å²) in [4.78, 5) is 4.40. The number of imidazole rings is 1. The Morgan fingerprint density at radius 2 is 1.86 bits per heavy atom. The van der Waals surface area contributed by atoms with Gasteiger partial charge < -0.3 is 9.30 Å². The van der Waals surface area contributed by atoms with Crippen molar-refractivity contribution in [2.24, 2.45) is 0 Å². The quantitative estimate of drug-likeness (QED) is 0.688. The van der Waals surface area contributed by atoms with Gasteiger partial charge in [-0.05, 0) is 43.1 Å². The van der Waals surface area contributed by atoms with Gasteiger partial charge in [0, 0.05) is 6.04 Å². The van der Waals surface area contributed by atoms with Gasteiger partial charge in [-0.1, -0.05) is 36.4 Å². The molecule has 4 heteroatoms. The van der Waals surface area contributed by atoms with Crippen LogP contribution in [0.3, 0.4) is 0 Å². The highest BCUT2D eigenvalue weighted by Gasteiger charge is 2.15. The number of rotatable bonds is 4. The predicted octanol–water partition coefficient (Wildman–Crippen LogP) is 4.85. The summed E-state index contributed by atoms with van der Waals surface area (Å²) < 4.78 is 7.99. The van der Waals surface area contributed by atoms with Crippen molar-refractivity contribution in [3.8, 4) is 5.75 Å². The van der Waals surface area contributed by atoms with Crippen molar-refractivity contribution < 1.29 is 4.74 Å². The first kappa shape index (κ1) is 14.0. The Balaban J connectivity index is 1.98. The van der Waals surface area contributed by atoms with Gasteiger partial charge in [-0.3, -0.25) is 0 Å². The van der Waals surface area contributed by atoms with E-state index in [1.54, 1.807) is 0 Å². The van der Waals surface area contributed by atoms with Crippen LogP contribution in [0.5, 0.6) is 5.75 Å². The van der Waals surface area contributed by atoms with E-state index >= 15 is 0 Å². The molecule has 3 nitrogen and oxygen atoms in total. The Kier molecular flexibility index (Phi) is 3.84. The van der Waals surface area contributed by atoms with Gasteiger partial charge in [-0.25, -0.2) is 4.98 Å². The monoisotopic (exact) mass is 300 g/mol. The molecule has 0 aliphatic carbocycles. The zero-order chi connectivity index (χ0) is 14.8. The lowest BCUT2D eigenvalue weighted by Crippen LogP contribution is -2.03. The molecule has 0 N–H and O–H groups in total. The van der Waals surface area contributed by atoms with E-state index in [2.05, 4.69) is 18.8 Å². The molecule has 3 rings (SSSR count). The van der Waals surface area contributed by atoms with Crippen molar-refractivity contribution in [2.75, 3.05) is 0 Å². The first-order valence-electron chi connectivity index (χ1n) is 7.00. The molecule has 2 aromatic carbocycles. The van der Waals surface area contributed by atoms with E-state index in [9.17, 15) is 0 Å². The van der Waals surface area contributed by atoms with Gasteiger partial charge in [-0.15, -0.1) is 0 Å². The highest BCUT2D eigenvalue weighted by atomic mass is 35.5. The molecule has 3 aromatic rings. The molecule has 0 spiro atoms. The van der Waals surface area contributed by atoms with Crippen LogP contribution in [0.15, 0.2) is 48.5 Å². The molecule has 1 heterocycles. The molecule has 0 fully saturated rings. The third-order valence-electron chi connectivity index (χ3n) is 3.38. The number of hydrogen-bond donors (Lipinski definition) is 0. The summed E-state index contributed by atoms with van der Waals surface area (Å²) in [5.41, 5.74) is 2.95. The summed E-state index contributed by atoms with van der Waals surface area (Å²) in [5, 5.41) is 0.496. The van der Waals surface area contributed by atoms with Gasteiger partial charge in [0.2, 0.25) is 5.28 Å². The third-order valence-corrected chi connectivity index (χ3v) is 3.65. The lowest BCUT2D eigenvalue weighted by Gasteiger charge is -2.13. The molecule has 1 aromatic heterocycles. The van der Waals surface area contributed by atoms with Crippen LogP contribution in [0.4, 0.5) is 0 Å². The van der Waals surface area contributed by atoms with Gasteiger partial charge in [0.15, 0.2) is 0 Å². The van der Waals surface area contributed by atoms with Gasteiger partial charge >= 0.3 is 0 Å². The molecule has 0 radical (unpaired) electrons. The Morgan fingerprint density at radius 3 is 2.57 bits per heavy atom. The topological polar surface area (TPSA) is 27.1 Å². The molecule has 0 aliphatic rings. The smallest absolute Gasteiger partial charge is 0.204 e. The van der Waals surface area contributed by atoms with Gasteiger partial charge in [-0.2, -0.15) is 0 Å². The first-order chi connectivity index (χ1) is 10.2. The molecule has 0 aliphatic heterocycles. The number of hydrogen-bond acceptors (Lipinski definition) is 2. The van der Waals surface area contributed by atoms with Crippen LogP contribution >= 0.6 is 11.6 Å². The second kappa shape index (κ2) is 5.78. The normalized spacial score (nSPS) is 11.2. The summed E-state index contributed by atoms with van der Waals surface area (Å²) in [6.45, 7) is 4.70. The second-order valence-corrected chi connectivity index (χ2v) is 5.58. The summed E-state index contributed by atoms with van der Waals surface area (Å²) in [7, 11) is 0. The highest BCUT2D eigenvalue weighted by Crippen LogP contribution is 2.31. The highest BCUT2D eigenvalue weighted by molar-refractivity contribution is 6.29. The number of aromatic nitrogens is 2. The standard InChI is InChI=1S/C17H17ClN2O/c1-12(2)20-16-14(19-17(20)18)9-6-10-15(16)21-11-13-7-4-3-5-8-13/h3-10,12H,11H2,1-2H3. The molecule has 21 heavy (non-hydrogen) atoms. The maximum Gasteiger partial charge on any atom is 0.204 e.